The first-order valence-corrected chi connectivity index (χ1v) is 8.63. The molecule has 0 radical (unpaired) electrons. The number of aliphatic carboxylic acids is 1. The number of nitrogens with zero attached hydrogens (tertiary/aromatic N) is 1. The molecule has 0 unspecified atom stereocenters. The summed E-state index contributed by atoms with van der Waals surface area (Å²) in [6, 6.07) is 0. The monoisotopic (exact) mass is 361 g/mol. The van der Waals surface area contributed by atoms with Crippen LogP contribution in [0.25, 0.3) is 0 Å². The van der Waals surface area contributed by atoms with Gasteiger partial charge in [0.05, 0.1) is 12.7 Å². The van der Waals surface area contributed by atoms with E-state index in [1.165, 1.54) is 0 Å². The van der Waals surface area contributed by atoms with Crippen LogP contribution in [0, 0.1) is 5.92 Å². The van der Waals surface area contributed by atoms with Gasteiger partial charge < -0.3 is 35.2 Å². The summed E-state index contributed by atoms with van der Waals surface area (Å²) in [5.41, 5.74) is 0. The highest BCUT2D eigenvalue weighted by molar-refractivity contribution is 5.76. The van der Waals surface area contributed by atoms with E-state index < -0.39 is 43.1 Å². The summed E-state index contributed by atoms with van der Waals surface area (Å²) in [4.78, 5) is 24.7. The molecule has 2 rings (SSSR count). The molecule has 9 nitrogen and oxygen atoms in total. The van der Waals surface area contributed by atoms with E-state index in [1.807, 2.05) is 0 Å². The quantitative estimate of drug-likeness (QED) is 0.377. The van der Waals surface area contributed by atoms with Crippen LogP contribution in [-0.4, -0.2) is 92.5 Å². The highest BCUT2D eigenvalue weighted by Crippen LogP contribution is 2.25. The lowest BCUT2D eigenvalue weighted by Crippen LogP contribution is -2.58. The van der Waals surface area contributed by atoms with Crippen LogP contribution in [0.15, 0.2) is 0 Å². The molecule has 2 saturated heterocycles. The Morgan fingerprint density at radius 1 is 1.00 bits per heavy atom. The molecule has 0 spiro atoms. The van der Waals surface area contributed by atoms with Crippen LogP contribution in [0.5, 0.6) is 0 Å². The molecule has 5 N–H and O–H groups in total. The molecule has 2 fully saturated rings. The Labute approximate surface area is 145 Å². The lowest BCUT2D eigenvalue weighted by atomic mass is 9.92. The lowest BCUT2D eigenvalue weighted by molar-refractivity contribution is -0.230. The minimum atomic E-state index is -1.43. The van der Waals surface area contributed by atoms with Gasteiger partial charge in [-0.25, -0.2) is 0 Å². The van der Waals surface area contributed by atoms with Crippen LogP contribution >= 0.6 is 0 Å². The van der Waals surface area contributed by atoms with Gasteiger partial charge in [-0.1, -0.05) is 0 Å². The summed E-state index contributed by atoms with van der Waals surface area (Å²) in [7, 11) is 0. The highest BCUT2D eigenvalue weighted by atomic mass is 16.5. The number of rotatable bonds is 6. The van der Waals surface area contributed by atoms with Crippen LogP contribution in [0.4, 0.5) is 0 Å². The van der Waals surface area contributed by atoms with Crippen LogP contribution < -0.4 is 0 Å². The summed E-state index contributed by atoms with van der Waals surface area (Å²) in [5, 5.41) is 47.4. The summed E-state index contributed by atoms with van der Waals surface area (Å²) < 4.78 is 5.38. The van der Waals surface area contributed by atoms with Crippen molar-refractivity contribution in [2.45, 2.75) is 62.6 Å². The minimum absolute atomic E-state index is 0.0898. The zero-order valence-electron chi connectivity index (χ0n) is 14.0. The number of hydrogen-bond donors (Lipinski definition) is 5. The summed E-state index contributed by atoms with van der Waals surface area (Å²) >= 11 is 0. The zero-order valence-corrected chi connectivity index (χ0v) is 14.0. The smallest absolute Gasteiger partial charge is 0.303 e. The molecular formula is C16H27NO8. The van der Waals surface area contributed by atoms with Gasteiger partial charge in [0.15, 0.2) is 0 Å². The number of amides is 1. The number of carbonyl (C=O) groups excluding carboxylic acids is 1. The third-order valence-electron chi connectivity index (χ3n) is 5.06. The number of carboxylic acids is 1. The van der Waals surface area contributed by atoms with Gasteiger partial charge in [-0.05, 0) is 25.2 Å². The molecule has 2 heterocycles. The molecule has 25 heavy (non-hydrogen) atoms. The maximum atomic E-state index is 12.3. The molecule has 0 aromatic carbocycles. The van der Waals surface area contributed by atoms with Gasteiger partial charge in [-0.2, -0.15) is 0 Å². The minimum Gasteiger partial charge on any atom is -0.481 e. The average molecular weight is 361 g/mol. The largest absolute Gasteiger partial charge is 0.481 e. The van der Waals surface area contributed by atoms with Crippen molar-refractivity contribution in [3.63, 3.8) is 0 Å². The Morgan fingerprint density at radius 2 is 1.60 bits per heavy atom. The number of piperidine rings is 1. The standard InChI is InChI=1S/C16H27NO8/c18-8-11-15(23)16(24)14(22)10(25-11)1-2-12(19)17-5-3-9(4-6-17)7-13(20)21/h9-11,14-16,18,22-24H,1-8H2,(H,20,21)/t10-,11-,14-,15-,16-/m1/s1. The van der Waals surface area contributed by atoms with Crippen LogP contribution in [-0.2, 0) is 14.3 Å². The normalized spacial score (nSPS) is 34.1. The first-order valence-electron chi connectivity index (χ1n) is 8.63. The van der Waals surface area contributed by atoms with Crippen LogP contribution in [0.1, 0.15) is 32.1 Å². The third kappa shape index (κ3) is 5.11. The zero-order chi connectivity index (χ0) is 18.6. The Balaban J connectivity index is 1.79. The van der Waals surface area contributed by atoms with Gasteiger partial charge in [-0.15, -0.1) is 0 Å². The van der Waals surface area contributed by atoms with Crippen molar-refractivity contribution in [3.8, 4) is 0 Å². The second-order valence-corrected chi connectivity index (χ2v) is 6.83. The fourth-order valence-corrected chi connectivity index (χ4v) is 3.47. The summed E-state index contributed by atoms with van der Waals surface area (Å²) in [5.74, 6) is -0.856. The molecule has 2 aliphatic heterocycles. The topological polar surface area (TPSA) is 148 Å². The van der Waals surface area contributed by atoms with Crippen molar-refractivity contribution in [2.75, 3.05) is 19.7 Å². The predicted molar refractivity (Wildman–Crippen MR) is 84.6 cm³/mol. The van der Waals surface area contributed by atoms with E-state index in [2.05, 4.69) is 0 Å². The van der Waals surface area contributed by atoms with Crippen molar-refractivity contribution in [1.29, 1.82) is 0 Å². The number of likely N-dealkylation sites (tertiary alicyclic amines) is 1. The maximum Gasteiger partial charge on any atom is 0.303 e. The number of carbonyl (C=O) groups is 2. The molecule has 0 bridgehead atoms. The van der Waals surface area contributed by atoms with Crippen LogP contribution in [0.3, 0.4) is 0 Å². The molecule has 1 amide bonds. The van der Waals surface area contributed by atoms with Crippen LogP contribution in [0.2, 0.25) is 0 Å². The lowest BCUT2D eigenvalue weighted by Gasteiger charge is -2.40. The van der Waals surface area contributed by atoms with Gasteiger partial charge in [0, 0.05) is 25.9 Å². The average Bonchev–Trinajstić information content (AvgIpc) is 2.59. The van der Waals surface area contributed by atoms with Gasteiger partial charge in [-0.3, -0.25) is 9.59 Å². The second-order valence-electron chi connectivity index (χ2n) is 6.83. The van der Waals surface area contributed by atoms with Crippen molar-refractivity contribution >= 4 is 11.9 Å². The van der Waals surface area contributed by atoms with Crippen molar-refractivity contribution in [3.05, 3.63) is 0 Å². The number of aliphatic hydroxyl groups is 4. The van der Waals surface area contributed by atoms with Gasteiger partial charge >= 0.3 is 5.97 Å². The van der Waals surface area contributed by atoms with E-state index in [0.717, 1.165) is 0 Å². The van der Waals surface area contributed by atoms with E-state index in [-0.39, 0.29) is 31.1 Å². The first-order chi connectivity index (χ1) is 11.8. The third-order valence-corrected chi connectivity index (χ3v) is 5.06. The molecule has 0 aliphatic carbocycles. The molecule has 9 heteroatoms. The Kier molecular flexibility index (Phi) is 7.14. The Morgan fingerprint density at radius 3 is 2.16 bits per heavy atom. The number of aliphatic hydroxyl groups excluding tert-OH is 4. The Bertz CT molecular complexity index is 463. The fraction of sp³-hybridized carbons (Fsp3) is 0.875. The van der Waals surface area contributed by atoms with E-state index in [4.69, 9.17) is 14.9 Å². The number of hydrogen-bond acceptors (Lipinski definition) is 7. The van der Waals surface area contributed by atoms with Crippen molar-refractivity contribution in [1.82, 2.24) is 4.90 Å². The van der Waals surface area contributed by atoms with E-state index in [9.17, 15) is 24.9 Å². The van der Waals surface area contributed by atoms with Crippen molar-refractivity contribution < 1.29 is 39.9 Å². The summed E-state index contributed by atoms with van der Waals surface area (Å²) in [6.07, 6.45) is -4.29. The fourth-order valence-electron chi connectivity index (χ4n) is 3.47. The maximum absolute atomic E-state index is 12.3. The number of carboxylic acid groups (broad SMARTS) is 1. The molecule has 2 aliphatic rings. The molecule has 0 saturated carbocycles. The molecule has 144 valence electrons. The van der Waals surface area contributed by atoms with Gasteiger partial charge in [0.1, 0.15) is 24.4 Å². The van der Waals surface area contributed by atoms with E-state index >= 15 is 0 Å². The SMILES string of the molecule is O=C(O)CC1CCN(C(=O)CC[C@H]2O[C@H](CO)[C@@H](O)[C@H](O)[C@@H]2O)CC1. The van der Waals surface area contributed by atoms with Crippen molar-refractivity contribution in [2.24, 2.45) is 5.92 Å². The highest BCUT2D eigenvalue weighted by Gasteiger charge is 2.43. The first kappa shape index (κ1) is 20.1. The van der Waals surface area contributed by atoms with E-state index in [0.29, 0.717) is 25.9 Å². The molecule has 0 aromatic rings. The van der Waals surface area contributed by atoms with Gasteiger partial charge in [0.2, 0.25) is 5.91 Å². The molecule has 5 atom stereocenters. The predicted octanol–water partition coefficient (Wildman–Crippen LogP) is -1.68. The number of ether oxygens (including phenoxy) is 1. The summed E-state index contributed by atoms with van der Waals surface area (Å²) in [6.45, 7) is 0.517. The van der Waals surface area contributed by atoms with E-state index in [1.54, 1.807) is 4.90 Å². The second kappa shape index (κ2) is 8.91. The molecular weight excluding hydrogens is 334 g/mol. The Hall–Kier alpha value is -1.26. The van der Waals surface area contributed by atoms with Gasteiger partial charge in [0.25, 0.3) is 0 Å². The molecule has 0 aromatic heterocycles.